The lowest BCUT2D eigenvalue weighted by Gasteiger charge is -2.29. The zero-order chi connectivity index (χ0) is 23.6. The van der Waals surface area contributed by atoms with Crippen molar-refractivity contribution < 1.29 is 33.0 Å². The summed E-state index contributed by atoms with van der Waals surface area (Å²) in [5.41, 5.74) is 1.75. The van der Waals surface area contributed by atoms with Gasteiger partial charge in [-0.15, -0.1) is 0 Å². The summed E-state index contributed by atoms with van der Waals surface area (Å²) in [4.78, 5) is 25.2. The topological polar surface area (TPSA) is 142 Å². The van der Waals surface area contributed by atoms with Gasteiger partial charge in [0.1, 0.15) is 0 Å². The van der Waals surface area contributed by atoms with Gasteiger partial charge in [0.05, 0.1) is 28.9 Å². The van der Waals surface area contributed by atoms with Crippen molar-refractivity contribution in [2.45, 2.75) is 31.7 Å². The molecule has 4 N–H and O–H groups in total. The third-order valence-electron chi connectivity index (χ3n) is 5.15. The number of nitrogens with one attached hydrogen (secondary N) is 2. The molecular weight excluding hydrogens is 436 g/mol. The maximum atomic E-state index is 13.1. The molecule has 1 atom stereocenters. The van der Waals surface area contributed by atoms with E-state index in [0.717, 1.165) is 11.1 Å². The Morgan fingerprint density at radius 2 is 1.78 bits per heavy atom. The number of phenols is 2. The predicted molar refractivity (Wildman–Crippen MR) is 116 cm³/mol. The van der Waals surface area contributed by atoms with Crippen molar-refractivity contribution in [1.29, 1.82) is 0 Å². The van der Waals surface area contributed by atoms with E-state index in [1.807, 2.05) is 6.92 Å². The van der Waals surface area contributed by atoms with Crippen molar-refractivity contribution in [1.82, 2.24) is 10.6 Å². The van der Waals surface area contributed by atoms with E-state index < -0.39 is 39.4 Å². The van der Waals surface area contributed by atoms with Gasteiger partial charge in [-0.05, 0) is 61.7 Å². The molecule has 0 fully saturated rings. The first-order chi connectivity index (χ1) is 15.0. The average molecular weight is 461 g/mol. The van der Waals surface area contributed by atoms with Gasteiger partial charge in [-0.2, -0.15) is 0 Å². The van der Waals surface area contributed by atoms with Crippen LogP contribution in [0, 0.1) is 13.8 Å². The fourth-order valence-corrected chi connectivity index (χ4v) is 4.74. The number of phenolic OH excluding ortho intramolecular Hbond substituents is 2. The Labute approximate surface area is 185 Å². The van der Waals surface area contributed by atoms with Gasteiger partial charge < -0.3 is 25.6 Å². The number of benzene rings is 2. The van der Waals surface area contributed by atoms with Crippen LogP contribution in [-0.2, 0) is 19.4 Å². The lowest BCUT2D eigenvalue weighted by molar-refractivity contribution is -0.139. The summed E-state index contributed by atoms with van der Waals surface area (Å²) in [6.07, 6.45) is 0. The van der Waals surface area contributed by atoms with E-state index in [-0.39, 0.29) is 34.1 Å². The summed E-state index contributed by atoms with van der Waals surface area (Å²) in [5, 5.41) is 24.4. The maximum Gasteiger partial charge on any atom is 0.338 e. The van der Waals surface area contributed by atoms with E-state index in [1.54, 1.807) is 19.9 Å². The summed E-state index contributed by atoms with van der Waals surface area (Å²) in [6, 6.07) is 6.66. The molecule has 2 aromatic rings. The summed E-state index contributed by atoms with van der Waals surface area (Å²) in [7, 11) is -3.92. The number of aryl methyl sites for hydroxylation is 2. The van der Waals surface area contributed by atoms with Crippen LogP contribution < -0.4 is 10.6 Å². The van der Waals surface area contributed by atoms with Gasteiger partial charge in [-0.3, -0.25) is 0 Å². The quantitative estimate of drug-likeness (QED) is 0.383. The van der Waals surface area contributed by atoms with E-state index in [1.165, 1.54) is 30.3 Å². The number of rotatable bonds is 6. The highest BCUT2D eigenvalue weighted by Gasteiger charge is 2.36. The number of sulfone groups is 1. The minimum atomic E-state index is -3.92. The monoisotopic (exact) mass is 460 g/mol. The lowest BCUT2D eigenvalue weighted by atomic mass is 9.95. The van der Waals surface area contributed by atoms with Crippen LogP contribution in [0.2, 0.25) is 0 Å². The molecule has 1 heterocycles. The van der Waals surface area contributed by atoms with Crippen molar-refractivity contribution in [3.8, 4) is 11.5 Å². The first kappa shape index (κ1) is 23.1. The molecule has 0 saturated heterocycles. The third kappa shape index (κ3) is 4.70. The third-order valence-corrected chi connectivity index (χ3v) is 6.79. The highest BCUT2D eigenvalue weighted by Crippen LogP contribution is 2.34. The normalized spacial score (nSPS) is 16.3. The number of urea groups is 1. The molecular formula is C22H24N2O7S. The Kier molecular flexibility index (Phi) is 6.45. The SMILES string of the molecule is CCOC(=O)C1=C(CS(=O)(=O)c2ccc(C)c(C)c2)NC(=O)N[C@H]1c1ccc(O)c(O)c1. The van der Waals surface area contributed by atoms with Crippen LogP contribution in [-0.4, -0.2) is 43.0 Å². The summed E-state index contributed by atoms with van der Waals surface area (Å²) < 4.78 is 31.3. The molecule has 1 aliphatic heterocycles. The summed E-state index contributed by atoms with van der Waals surface area (Å²) >= 11 is 0. The Balaban J connectivity index is 2.12. The Bertz CT molecular complexity index is 1220. The Hall–Kier alpha value is -3.53. The molecule has 170 valence electrons. The van der Waals surface area contributed by atoms with Crippen molar-refractivity contribution in [2.75, 3.05) is 12.4 Å². The molecule has 0 radical (unpaired) electrons. The number of carbonyl (C=O) groups excluding carboxylic acids is 2. The van der Waals surface area contributed by atoms with Crippen molar-refractivity contribution >= 4 is 21.8 Å². The molecule has 0 spiro atoms. The van der Waals surface area contributed by atoms with Crippen LogP contribution in [0.1, 0.15) is 29.7 Å². The zero-order valence-corrected chi connectivity index (χ0v) is 18.6. The maximum absolute atomic E-state index is 13.1. The van der Waals surface area contributed by atoms with Crippen LogP contribution in [0.5, 0.6) is 11.5 Å². The molecule has 0 unspecified atom stereocenters. The fraction of sp³-hybridized carbons (Fsp3) is 0.273. The minimum absolute atomic E-state index is 0.0288. The number of hydrogen-bond donors (Lipinski definition) is 4. The summed E-state index contributed by atoms with van der Waals surface area (Å²) in [6.45, 7) is 5.27. The van der Waals surface area contributed by atoms with E-state index in [9.17, 15) is 28.2 Å². The highest BCUT2D eigenvalue weighted by molar-refractivity contribution is 7.91. The van der Waals surface area contributed by atoms with Gasteiger partial charge in [0, 0.05) is 5.70 Å². The number of ether oxygens (including phenoxy) is 1. The second-order valence-electron chi connectivity index (χ2n) is 7.40. The first-order valence-corrected chi connectivity index (χ1v) is 11.5. The molecule has 2 amide bonds. The average Bonchev–Trinajstić information content (AvgIpc) is 2.71. The van der Waals surface area contributed by atoms with E-state index >= 15 is 0 Å². The second kappa shape index (κ2) is 8.91. The largest absolute Gasteiger partial charge is 0.504 e. The standard InChI is InChI=1S/C22H24N2O7S/c1-4-31-21(27)19-16(11-32(29,30)15-7-5-12(2)13(3)9-15)23-22(28)24-20(19)14-6-8-17(25)18(26)10-14/h5-10,20,25-26H,4,11H2,1-3H3,(H2,23,24,28)/t20-/m0/s1. The van der Waals surface area contributed by atoms with Crippen molar-refractivity contribution in [3.63, 3.8) is 0 Å². The van der Waals surface area contributed by atoms with E-state index in [4.69, 9.17) is 4.74 Å². The second-order valence-corrected chi connectivity index (χ2v) is 9.39. The highest BCUT2D eigenvalue weighted by atomic mass is 32.2. The van der Waals surface area contributed by atoms with Gasteiger partial charge in [-0.25, -0.2) is 18.0 Å². The van der Waals surface area contributed by atoms with Crippen LogP contribution >= 0.6 is 0 Å². The Morgan fingerprint density at radius 3 is 2.41 bits per heavy atom. The van der Waals surface area contributed by atoms with Crippen LogP contribution in [0.15, 0.2) is 52.6 Å². The van der Waals surface area contributed by atoms with Crippen molar-refractivity contribution in [2.24, 2.45) is 0 Å². The minimum Gasteiger partial charge on any atom is -0.504 e. The molecule has 0 bridgehead atoms. The number of aromatic hydroxyl groups is 2. The molecule has 10 heteroatoms. The van der Waals surface area contributed by atoms with Crippen LogP contribution in [0.4, 0.5) is 4.79 Å². The molecule has 0 saturated carbocycles. The predicted octanol–water partition coefficient (Wildman–Crippen LogP) is 2.36. The van der Waals surface area contributed by atoms with Gasteiger partial charge in [0.15, 0.2) is 21.3 Å². The number of amides is 2. The molecule has 2 aromatic carbocycles. The number of esters is 1. The molecule has 32 heavy (non-hydrogen) atoms. The van der Waals surface area contributed by atoms with E-state index in [0.29, 0.717) is 0 Å². The van der Waals surface area contributed by atoms with Crippen LogP contribution in [0.3, 0.4) is 0 Å². The zero-order valence-electron chi connectivity index (χ0n) is 17.8. The van der Waals surface area contributed by atoms with Gasteiger partial charge in [0.2, 0.25) is 0 Å². The first-order valence-electron chi connectivity index (χ1n) is 9.83. The molecule has 0 aliphatic carbocycles. The smallest absolute Gasteiger partial charge is 0.338 e. The molecule has 1 aliphatic rings. The molecule has 3 rings (SSSR count). The molecule has 0 aromatic heterocycles. The summed E-state index contributed by atoms with van der Waals surface area (Å²) in [5.74, 6) is -2.30. The number of carbonyl (C=O) groups is 2. The van der Waals surface area contributed by atoms with Gasteiger partial charge in [0.25, 0.3) is 0 Å². The molecule has 9 nitrogen and oxygen atoms in total. The van der Waals surface area contributed by atoms with Crippen molar-refractivity contribution in [3.05, 3.63) is 64.4 Å². The van der Waals surface area contributed by atoms with Gasteiger partial charge in [-0.1, -0.05) is 12.1 Å². The number of hydrogen-bond acceptors (Lipinski definition) is 7. The van der Waals surface area contributed by atoms with Gasteiger partial charge >= 0.3 is 12.0 Å². The van der Waals surface area contributed by atoms with E-state index in [2.05, 4.69) is 10.6 Å². The van der Waals surface area contributed by atoms with Crippen LogP contribution in [0.25, 0.3) is 0 Å². The Morgan fingerprint density at radius 1 is 1.06 bits per heavy atom. The lowest BCUT2D eigenvalue weighted by Crippen LogP contribution is -2.47. The fourth-order valence-electron chi connectivity index (χ4n) is 3.33.